The van der Waals surface area contributed by atoms with E-state index in [1.165, 1.54) is 27.8 Å². The maximum Gasteiger partial charge on any atom is 0.127 e. The lowest BCUT2D eigenvalue weighted by Gasteiger charge is -2.26. The lowest BCUT2D eigenvalue weighted by atomic mass is 9.82. The first-order valence-corrected chi connectivity index (χ1v) is 10.9. The molecule has 0 radical (unpaired) electrons. The Balaban J connectivity index is 2.18. The minimum Gasteiger partial charge on any atom is -0.488 e. The molecule has 158 valence electrons. The Labute approximate surface area is 176 Å². The molecule has 0 saturated heterocycles. The standard InChI is InChI=1S/C26H36O3/c1-17(2)22-20(13-10-14-27)24-21(15-26(5,6)29-24)23(18(3)4)25(22)28-16-19-11-8-7-9-12-19/h7-9,11-12,17-18,27H,10,13-16H2,1-6H3. The Morgan fingerprint density at radius 1 is 1.03 bits per heavy atom. The van der Waals surface area contributed by atoms with E-state index in [9.17, 15) is 5.11 Å². The number of rotatable bonds is 8. The van der Waals surface area contributed by atoms with Crippen LogP contribution in [0.3, 0.4) is 0 Å². The van der Waals surface area contributed by atoms with Crippen molar-refractivity contribution < 1.29 is 14.6 Å². The summed E-state index contributed by atoms with van der Waals surface area (Å²) in [5, 5.41) is 9.50. The summed E-state index contributed by atoms with van der Waals surface area (Å²) >= 11 is 0. The van der Waals surface area contributed by atoms with Crippen LogP contribution in [0.5, 0.6) is 11.5 Å². The third-order valence-corrected chi connectivity index (χ3v) is 5.63. The third kappa shape index (κ3) is 4.61. The van der Waals surface area contributed by atoms with Gasteiger partial charge >= 0.3 is 0 Å². The van der Waals surface area contributed by atoms with Crippen molar-refractivity contribution in [2.24, 2.45) is 0 Å². The minimum absolute atomic E-state index is 0.182. The van der Waals surface area contributed by atoms with Crippen LogP contribution in [0.1, 0.15) is 87.6 Å². The number of fused-ring (bicyclic) bond motifs is 1. The van der Waals surface area contributed by atoms with Gasteiger partial charge in [0.2, 0.25) is 0 Å². The molecule has 1 aliphatic rings. The molecule has 2 aromatic carbocycles. The summed E-state index contributed by atoms with van der Waals surface area (Å²) in [4.78, 5) is 0. The lowest BCUT2D eigenvalue weighted by molar-refractivity contribution is 0.137. The fourth-order valence-electron chi connectivity index (χ4n) is 4.49. The van der Waals surface area contributed by atoms with Crippen LogP contribution in [0.2, 0.25) is 0 Å². The largest absolute Gasteiger partial charge is 0.488 e. The molecule has 0 aromatic heterocycles. The average molecular weight is 397 g/mol. The highest BCUT2D eigenvalue weighted by Crippen LogP contribution is 2.51. The maximum atomic E-state index is 9.50. The summed E-state index contributed by atoms with van der Waals surface area (Å²) in [5.74, 6) is 2.73. The number of aliphatic hydroxyl groups is 1. The van der Waals surface area contributed by atoms with Crippen LogP contribution in [-0.4, -0.2) is 17.3 Å². The SMILES string of the molecule is CC(C)c1c(CCCO)c2c(c(C(C)C)c1OCc1ccccc1)CC(C)(C)O2. The predicted octanol–water partition coefficient (Wildman–Crippen LogP) is 6.15. The van der Waals surface area contributed by atoms with Crippen molar-refractivity contribution in [3.8, 4) is 11.5 Å². The highest BCUT2D eigenvalue weighted by Gasteiger charge is 2.38. The molecule has 2 aromatic rings. The first-order chi connectivity index (χ1) is 13.7. The Bertz CT molecular complexity index is 835. The molecule has 0 atom stereocenters. The van der Waals surface area contributed by atoms with Crippen LogP contribution in [0.15, 0.2) is 30.3 Å². The molecule has 1 aliphatic heterocycles. The van der Waals surface area contributed by atoms with E-state index in [2.05, 4.69) is 65.8 Å². The zero-order valence-corrected chi connectivity index (χ0v) is 18.8. The number of benzene rings is 2. The molecule has 3 nitrogen and oxygen atoms in total. The molecule has 29 heavy (non-hydrogen) atoms. The molecule has 0 spiro atoms. The summed E-state index contributed by atoms with van der Waals surface area (Å²) in [5.41, 5.74) is 6.01. The van der Waals surface area contributed by atoms with Crippen LogP contribution >= 0.6 is 0 Å². The molecule has 0 saturated carbocycles. The zero-order chi connectivity index (χ0) is 21.2. The smallest absolute Gasteiger partial charge is 0.127 e. The van der Waals surface area contributed by atoms with Gasteiger partial charge in [-0.15, -0.1) is 0 Å². The molecule has 0 fully saturated rings. The number of aliphatic hydroxyl groups excluding tert-OH is 1. The number of hydrogen-bond acceptors (Lipinski definition) is 3. The maximum absolute atomic E-state index is 9.50. The van der Waals surface area contributed by atoms with Crippen molar-refractivity contribution in [2.45, 2.75) is 84.8 Å². The van der Waals surface area contributed by atoms with Crippen LogP contribution in [0.25, 0.3) is 0 Å². The molecule has 1 N–H and O–H groups in total. The lowest BCUT2D eigenvalue weighted by Crippen LogP contribution is -2.25. The van der Waals surface area contributed by atoms with Gasteiger partial charge in [0.25, 0.3) is 0 Å². The first kappa shape index (κ1) is 21.7. The van der Waals surface area contributed by atoms with Gasteiger partial charge < -0.3 is 14.6 Å². The van der Waals surface area contributed by atoms with E-state index in [4.69, 9.17) is 9.47 Å². The van der Waals surface area contributed by atoms with Gasteiger partial charge in [0.1, 0.15) is 23.7 Å². The molecule has 3 heteroatoms. The van der Waals surface area contributed by atoms with Crippen LogP contribution in [0.4, 0.5) is 0 Å². The highest BCUT2D eigenvalue weighted by molar-refractivity contribution is 5.63. The molecule has 0 bridgehead atoms. The van der Waals surface area contributed by atoms with Crippen LogP contribution < -0.4 is 9.47 Å². The molecule has 3 rings (SSSR count). The number of ether oxygens (including phenoxy) is 2. The molecule has 0 aliphatic carbocycles. The van der Waals surface area contributed by atoms with Crippen molar-refractivity contribution >= 4 is 0 Å². The van der Waals surface area contributed by atoms with Crippen molar-refractivity contribution in [3.63, 3.8) is 0 Å². The van der Waals surface area contributed by atoms with Crippen molar-refractivity contribution in [2.75, 3.05) is 6.61 Å². The molecule has 0 amide bonds. The molecular weight excluding hydrogens is 360 g/mol. The van der Waals surface area contributed by atoms with Crippen molar-refractivity contribution in [1.82, 2.24) is 0 Å². The summed E-state index contributed by atoms with van der Waals surface area (Å²) in [6.07, 6.45) is 2.43. The van der Waals surface area contributed by atoms with Gasteiger partial charge in [0.15, 0.2) is 0 Å². The van der Waals surface area contributed by atoms with Gasteiger partial charge in [-0.25, -0.2) is 0 Å². The second kappa shape index (κ2) is 8.79. The van der Waals surface area contributed by atoms with E-state index in [0.717, 1.165) is 30.8 Å². The minimum atomic E-state index is -0.216. The summed E-state index contributed by atoms with van der Waals surface area (Å²) < 4.78 is 13.1. The Morgan fingerprint density at radius 2 is 1.69 bits per heavy atom. The molecular formula is C26H36O3. The topological polar surface area (TPSA) is 38.7 Å². The molecule has 0 unspecified atom stereocenters. The van der Waals surface area contributed by atoms with Gasteiger partial charge in [0.05, 0.1) is 0 Å². The highest BCUT2D eigenvalue weighted by atomic mass is 16.5. The van der Waals surface area contributed by atoms with Gasteiger partial charge in [-0.05, 0) is 44.1 Å². The number of hydrogen-bond donors (Lipinski definition) is 1. The van der Waals surface area contributed by atoms with Crippen LogP contribution in [-0.2, 0) is 19.4 Å². The van der Waals surface area contributed by atoms with Gasteiger partial charge in [-0.3, -0.25) is 0 Å². The quantitative estimate of drug-likeness (QED) is 0.581. The normalized spacial score (nSPS) is 14.9. The van der Waals surface area contributed by atoms with Crippen LogP contribution in [0, 0.1) is 0 Å². The van der Waals surface area contributed by atoms with E-state index < -0.39 is 0 Å². The van der Waals surface area contributed by atoms with E-state index in [-0.39, 0.29) is 12.2 Å². The average Bonchev–Trinajstić information content (AvgIpc) is 2.98. The fourth-order valence-corrected chi connectivity index (χ4v) is 4.49. The third-order valence-electron chi connectivity index (χ3n) is 5.63. The summed E-state index contributed by atoms with van der Waals surface area (Å²) in [7, 11) is 0. The monoisotopic (exact) mass is 396 g/mol. The van der Waals surface area contributed by atoms with Crippen molar-refractivity contribution in [3.05, 3.63) is 58.1 Å². The summed E-state index contributed by atoms with van der Waals surface area (Å²) in [6, 6.07) is 10.4. The summed E-state index contributed by atoms with van der Waals surface area (Å²) in [6.45, 7) is 14.0. The zero-order valence-electron chi connectivity index (χ0n) is 18.8. The van der Waals surface area contributed by atoms with Gasteiger partial charge in [-0.1, -0.05) is 58.0 Å². The second-order valence-electron chi connectivity index (χ2n) is 9.39. The van der Waals surface area contributed by atoms with Crippen molar-refractivity contribution in [1.29, 1.82) is 0 Å². The predicted molar refractivity (Wildman–Crippen MR) is 119 cm³/mol. The van der Waals surface area contributed by atoms with E-state index in [0.29, 0.717) is 18.4 Å². The van der Waals surface area contributed by atoms with E-state index in [1.807, 2.05) is 6.07 Å². The fraction of sp³-hybridized carbons (Fsp3) is 0.538. The Kier molecular flexibility index (Phi) is 6.58. The second-order valence-corrected chi connectivity index (χ2v) is 9.39. The van der Waals surface area contributed by atoms with E-state index >= 15 is 0 Å². The molecule has 1 heterocycles. The Hall–Kier alpha value is -2.00. The van der Waals surface area contributed by atoms with E-state index in [1.54, 1.807) is 0 Å². The van der Waals surface area contributed by atoms with Gasteiger partial charge in [0, 0.05) is 35.3 Å². The first-order valence-electron chi connectivity index (χ1n) is 10.9. The van der Waals surface area contributed by atoms with Gasteiger partial charge in [-0.2, -0.15) is 0 Å². The Morgan fingerprint density at radius 3 is 2.28 bits per heavy atom.